The number of carbonyl (C=O) groups excluding carboxylic acids is 3. The predicted octanol–water partition coefficient (Wildman–Crippen LogP) is 4.89. The summed E-state index contributed by atoms with van der Waals surface area (Å²) in [6.45, 7) is 14.7. The van der Waals surface area contributed by atoms with Gasteiger partial charge in [-0.1, -0.05) is 48.6 Å². The van der Waals surface area contributed by atoms with Crippen LogP contribution in [0.4, 0.5) is 0 Å². The highest BCUT2D eigenvalue weighted by Crippen LogP contribution is 2.04. The quantitative estimate of drug-likeness (QED) is 0.0429. The van der Waals surface area contributed by atoms with Crippen LogP contribution in [0.1, 0.15) is 72.6 Å². The Kier molecular flexibility index (Phi) is 33.7. The van der Waals surface area contributed by atoms with E-state index < -0.39 is 0 Å². The third kappa shape index (κ3) is 32.1. The first-order chi connectivity index (χ1) is 22.3. The normalized spacial score (nSPS) is 11.7. The largest absolute Gasteiger partial charge is 0.483 e. The molecule has 11 nitrogen and oxygen atoms in total. The molecule has 0 heterocycles. The number of carboxylic acid groups (broad SMARTS) is 1. The Hall–Kier alpha value is -3.28. The standard InChI is InChI=1S/C34H59N3O6.CH2O2/c1-6-10-14-15-23-36(26-18-32(38)41-29-11-7-2)24-16-21-35(5)22-17-25-37(27-19-33(39)42-30-12-8-3)28-20-34(40)43-31-13-9-4;2-1-3/h6-13H,14-31H2,1-5H3;1H,(H,2,3)/b10-6-,11-7-,12-8-,13-9-;. The summed E-state index contributed by atoms with van der Waals surface area (Å²) in [4.78, 5) is 51.5. The van der Waals surface area contributed by atoms with E-state index in [4.69, 9.17) is 24.1 Å². The molecule has 0 aliphatic heterocycles. The van der Waals surface area contributed by atoms with Gasteiger partial charge in [0, 0.05) is 19.6 Å². The smallest absolute Gasteiger partial charge is 0.307 e. The van der Waals surface area contributed by atoms with Crippen molar-refractivity contribution in [2.45, 2.75) is 72.6 Å². The maximum absolute atomic E-state index is 12.1. The molecule has 0 aliphatic rings. The van der Waals surface area contributed by atoms with Gasteiger partial charge >= 0.3 is 17.9 Å². The Labute approximate surface area is 277 Å². The van der Waals surface area contributed by atoms with Gasteiger partial charge in [0.15, 0.2) is 0 Å². The van der Waals surface area contributed by atoms with Gasteiger partial charge < -0.3 is 34.0 Å². The lowest BCUT2D eigenvalue weighted by Crippen LogP contribution is -2.34. The summed E-state index contributed by atoms with van der Waals surface area (Å²) in [5, 5.41) is 6.89. The van der Waals surface area contributed by atoms with Crippen molar-refractivity contribution in [3.8, 4) is 0 Å². The number of hydrogen-bond donors (Lipinski definition) is 1. The number of rotatable bonds is 27. The van der Waals surface area contributed by atoms with E-state index in [2.05, 4.69) is 33.9 Å². The van der Waals surface area contributed by atoms with E-state index >= 15 is 0 Å². The van der Waals surface area contributed by atoms with Crippen molar-refractivity contribution in [2.24, 2.45) is 0 Å². The zero-order chi connectivity index (χ0) is 34.7. The molecule has 0 aromatic heterocycles. The molecule has 0 bridgehead atoms. The minimum Gasteiger partial charge on any atom is -0.483 e. The van der Waals surface area contributed by atoms with Crippen LogP contribution in [0, 0.1) is 0 Å². The lowest BCUT2D eigenvalue weighted by molar-refractivity contribution is -0.144. The third-order valence-electron chi connectivity index (χ3n) is 6.73. The minimum absolute atomic E-state index is 0.157. The SMILES string of the molecule is C/C=C\CCCN(CCCN(C)CCCN(CCC(=O)OC/C=C\C)CCC(=O)OC/C=C\C)CCC(=O)OC/C=C\C.O=CO. The summed E-state index contributed by atoms with van der Waals surface area (Å²) >= 11 is 0. The third-order valence-corrected chi connectivity index (χ3v) is 6.73. The zero-order valence-corrected chi connectivity index (χ0v) is 29.1. The van der Waals surface area contributed by atoms with Crippen molar-refractivity contribution in [3.05, 3.63) is 48.6 Å². The number of nitrogens with zero attached hydrogens (tertiary/aromatic N) is 3. The van der Waals surface area contributed by atoms with Crippen LogP contribution in [-0.4, -0.2) is 123 Å². The van der Waals surface area contributed by atoms with Gasteiger partial charge in [0.1, 0.15) is 19.8 Å². The lowest BCUT2D eigenvalue weighted by Gasteiger charge is -2.25. The predicted molar refractivity (Wildman–Crippen MR) is 184 cm³/mol. The van der Waals surface area contributed by atoms with E-state index in [1.807, 2.05) is 52.0 Å². The van der Waals surface area contributed by atoms with E-state index in [9.17, 15) is 14.4 Å². The highest BCUT2D eigenvalue weighted by molar-refractivity contribution is 5.70. The molecule has 0 rings (SSSR count). The number of allylic oxidation sites excluding steroid dienone is 5. The summed E-state index contributed by atoms with van der Waals surface area (Å²) in [5.41, 5.74) is 0. The lowest BCUT2D eigenvalue weighted by atomic mass is 10.2. The second-order valence-corrected chi connectivity index (χ2v) is 10.5. The maximum atomic E-state index is 12.1. The van der Waals surface area contributed by atoms with Crippen molar-refractivity contribution in [3.63, 3.8) is 0 Å². The molecular weight excluding hydrogens is 590 g/mol. The summed E-state index contributed by atoms with van der Waals surface area (Å²) in [6.07, 6.45) is 20.3. The van der Waals surface area contributed by atoms with Crippen LogP contribution in [-0.2, 0) is 33.4 Å². The average molecular weight is 652 g/mol. The number of hydrogen-bond acceptors (Lipinski definition) is 10. The van der Waals surface area contributed by atoms with Gasteiger partial charge in [0.2, 0.25) is 0 Å². The molecule has 0 spiro atoms. The molecule has 0 fully saturated rings. The molecule has 0 aromatic carbocycles. The molecule has 264 valence electrons. The molecule has 1 N–H and O–H groups in total. The van der Waals surface area contributed by atoms with Crippen LogP contribution in [0.15, 0.2) is 48.6 Å². The zero-order valence-electron chi connectivity index (χ0n) is 29.1. The summed E-state index contributed by atoms with van der Waals surface area (Å²) < 4.78 is 15.7. The van der Waals surface area contributed by atoms with E-state index in [1.165, 1.54) is 0 Å². The molecule has 46 heavy (non-hydrogen) atoms. The Bertz CT molecular complexity index is 857. The Balaban J connectivity index is 0. The second-order valence-electron chi connectivity index (χ2n) is 10.5. The van der Waals surface area contributed by atoms with Crippen molar-refractivity contribution in [1.29, 1.82) is 0 Å². The van der Waals surface area contributed by atoms with Crippen LogP contribution in [0.3, 0.4) is 0 Å². The van der Waals surface area contributed by atoms with Gasteiger partial charge in [0.05, 0.1) is 19.3 Å². The first-order valence-corrected chi connectivity index (χ1v) is 16.4. The maximum Gasteiger partial charge on any atom is 0.307 e. The molecule has 0 saturated carbocycles. The minimum atomic E-state index is -0.250. The van der Waals surface area contributed by atoms with Gasteiger partial charge in [-0.3, -0.25) is 19.2 Å². The van der Waals surface area contributed by atoms with Gasteiger partial charge in [-0.25, -0.2) is 0 Å². The molecule has 0 amide bonds. The number of ether oxygens (including phenoxy) is 3. The average Bonchev–Trinajstić information content (AvgIpc) is 3.03. The Morgan fingerprint density at radius 3 is 1.22 bits per heavy atom. The molecule has 0 aliphatic carbocycles. The Morgan fingerprint density at radius 2 is 0.870 bits per heavy atom. The van der Waals surface area contributed by atoms with E-state index in [-0.39, 0.29) is 50.4 Å². The van der Waals surface area contributed by atoms with Crippen molar-refractivity contribution < 1.29 is 38.5 Å². The van der Waals surface area contributed by atoms with Crippen molar-refractivity contribution in [2.75, 3.05) is 79.2 Å². The van der Waals surface area contributed by atoms with Gasteiger partial charge in [0.25, 0.3) is 6.47 Å². The molecular formula is C35H61N3O8. The van der Waals surface area contributed by atoms with E-state index in [1.54, 1.807) is 12.2 Å². The van der Waals surface area contributed by atoms with Crippen molar-refractivity contribution in [1.82, 2.24) is 14.7 Å². The second kappa shape index (κ2) is 34.6. The summed E-state index contributed by atoms with van der Waals surface area (Å²) in [6, 6.07) is 0. The van der Waals surface area contributed by atoms with Crippen molar-refractivity contribution >= 4 is 24.4 Å². The summed E-state index contributed by atoms with van der Waals surface area (Å²) in [7, 11) is 2.12. The van der Waals surface area contributed by atoms with Gasteiger partial charge in [-0.2, -0.15) is 0 Å². The Morgan fingerprint density at radius 1 is 0.543 bits per heavy atom. The molecule has 0 aromatic rings. The molecule has 0 saturated heterocycles. The summed E-state index contributed by atoms with van der Waals surface area (Å²) in [5.74, 6) is -0.634. The first-order valence-electron chi connectivity index (χ1n) is 16.4. The van der Waals surface area contributed by atoms with Crippen LogP contribution in [0.2, 0.25) is 0 Å². The van der Waals surface area contributed by atoms with Crippen LogP contribution in [0.5, 0.6) is 0 Å². The van der Waals surface area contributed by atoms with E-state index in [0.717, 1.165) is 58.4 Å². The number of unbranched alkanes of at least 4 members (excludes halogenated alkanes) is 1. The molecule has 0 atom stereocenters. The van der Waals surface area contributed by atoms with E-state index in [0.29, 0.717) is 32.7 Å². The van der Waals surface area contributed by atoms with Gasteiger partial charge in [-0.15, -0.1) is 0 Å². The fourth-order valence-electron chi connectivity index (χ4n) is 4.19. The highest BCUT2D eigenvalue weighted by atomic mass is 16.5. The highest BCUT2D eigenvalue weighted by Gasteiger charge is 2.13. The monoisotopic (exact) mass is 651 g/mol. The topological polar surface area (TPSA) is 126 Å². The number of esters is 3. The van der Waals surface area contributed by atoms with Crippen LogP contribution < -0.4 is 0 Å². The fourth-order valence-corrected chi connectivity index (χ4v) is 4.19. The molecule has 11 heteroatoms. The number of carbonyl (C=O) groups is 4. The van der Waals surface area contributed by atoms with Crippen LogP contribution >= 0.6 is 0 Å². The molecule has 0 unspecified atom stereocenters. The molecule has 0 radical (unpaired) electrons. The fraction of sp³-hybridized carbons (Fsp3) is 0.657. The van der Waals surface area contributed by atoms with Crippen LogP contribution in [0.25, 0.3) is 0 Å². The van der Waals surface area contributed by atoms with Gasteiger partial charge in [-0.05, 0) is 93.1 Å². The first kappa shape index (κ1) is 44.8.